The molecule has 0 aromatic heterocycles. The van der Waals surface area contributed by atoms with E-state index in [1.165, 1.54) is 7.11 Å². The Hall–Kier alpha value is 0.110. The molecule has 3 N–H and O–H groups in total. The van der Waals surface area contributed by atoms with Crippen LogP contribution in [-0.2, 0) is 33.2 Å². The van der Waals surface area contributed by atoms with Gasteiger partial charge in [0.05, 0.1) is 60.5 Å². The second-order valence-electron chi connectivity index (χ2n) is 16.3. The summed E-state index contributed by atoms with van der Waals surface area (Å²) in [5.74, 6) is -4.97. The van der Waals surface area contributed by atoms with E-state index in [0.717, 1.165) is 32.1 Å². The van der Waals surface area contributed by atoms with Crippen molar-refractivity contribution in [3.05, 3.63) is 0 Å². The maximum atomic E-state index is 11.7. The fourth-order valence-corrected chi connectivity index (χ4v) is 9.91. The van der Waals surface area contributed by atoms with Crippen LogP contribution in [-0.4, -0.2) is 101 Å². The summed E-state index contributed by atoms with van der Waals surface area (Å²) in [5, 5.41) is 43.9. The molecule has 1 unspecified atom stereocenters. The summed E-state index contributed by atoms with van der Waals surface area (Å²) >= 11 is 0. The number of ether oxygens (including phenoxy) is 6. The molecule has 0 amide bonds. The summed E-state index contributed by atoms with van der Waals surface area (Å²) in [7, 11) is 1.50. The van der Waals surface area contributed by atoms with E-state index in [1.54, 1.807) is 6.92 Å². The number of aliphatic hydroxyl groups is 3. The van der Waals surface area contributed by atoms with Crippen LogP contribution in [0.1, 0.15) is 107 Å². The molecular weight excluding hydrogens is 631 g/mol. The van der Waals surface area contributed by atoms with E-state index < -0.39 is 59.6 Å². The van der Waals surface area contributed by atoms with Crippen molar-refractivity contribution in [1.29, 1.82) is 0 Å². The van der Waals surface area contributed by atoms with Crippen LogP contribution in [0.4, 0.5) is 0 Å². The van der Waals surface area contributed by atoms with Crippen LogP contribution in [0.5, 0.6) is 0 Å². The number of methoxy groups -OCH3 is 1. The Balaban J connectivity index is 0.00000520. The van der Waals surface area contributed by atoms with Gasteiger partial charge in [-0.05, 0) is 57.3 Å². The molecule has 12 heteroatoms. The van der Waals surface area contributed by atoms with Crippen molar-refractivity contribution in [1.82, 2.24) is 0 Å². The van der Waals surface area contributed by atoms with Crippen molar-refractivity contribution in [3.8, 4) is 0 Å². The number of carbonyl (C=O) groups is 1. The molecule has 1 spiro atoms. The van der Waals surface area contributed by atoms with Crippen LogP contribution in [0, 0.1) is 35.5 Å². The first-order valence-corrected chi connectivity index (χ1v) is 18.1. The average Bonchev–Trinajstić information content (AvgIpc) is 3.73. The van der Waals surface area contributed by atoms with Crippen molar-refractivity contribution in [3.63, 3.8) is 0 Å². The zero-order chi connectivity index (χ0) is 34.7. The van der Waals surface area contributed by atoms with Crippen molar-refractivity contribution >= 4 is 5.97 Å². The van der Waals surface area contributed by atoms with Crippen molar-refractivity contribution < 1.29 is 83.2 Å². The van der Waals surface area contributed by atoms with Gasteiger partial charge in [0.1, 0.15) is 0 Å². The topological polar surface area (TPSA) is 156 Å². The van der Waals surface area contributed by atoms with Gasteiger partial charge in [-0.25, -0.2) is 0 Å². The van der Waals surface area contributed by atoms with E-state index >= 15 is 0 Å². The van der Waals surface area contributed by atoms with Gasteiger partial charge in [-0.15, -0.1) is 0 Å². The van der Waals surface area contributed by atoms with Gasteiger partial charge in [-0.1, -0.05) is 48.5 Å². The molecule has 0 radical (unpaired) electrons. The van der Waals surface area contributed by atoms with Gasteiger partial charge in [-0.3, -0.25) is 0 Å². The smallest absolute Gasteiger partial charge is 0.550 e. The van der Waals surface area contributed by atoms with E-state index in [-0.39, 0.29) is 83.6 Å². The quantitative estimate of drug-likeness (QED) is 0.264. The first kappa shape index (κ1) is 40.9. The molecule has 5 fully saturated rings. The number of rotatable bonds is 10. The van der Waals surface area contributed by atoms with E-state index in [2.05, 4.69) is 27.7 Å². The van der Waals surface area contributed by atoms with Gasteiger partial charge in [0.25, 0.3) is 0 Å². The Morgan fingerprint density at radius 2 is 1.73 bits per heavy atom. The van der Waals surface area contributed by atoms with E-state index in [9.17, 15) is 25.2 Å². The molecule has 0 aliphatic carbocycles. The molecule has 0 aromatic rings. The van der Waals surface area contributed by atoms with Crippen molar-refractivity contribution in [2.75, 3.05) is 13.7 Å². The van der Waals surface area contributed by atoms with Gasteiger partial charge >= 0.3 is 29.6 Å². The maximum Gasteiger partial charge on any atom is 1.00 e. The zero-order valence-electron chi connectivity index (χ0n) is 31.0. The summed E-state index contributed by atoms with van der Waals surface area (Å²) in [4.78, 5) is 11.7. The van der Waals surface area contributed by atoms with Crippen LogP contribution in [0.25, 0.3) is 0 Å². The minimum absolute atomic E-state index is 0. The third-order valence-electron chi connectivity index (χ3n) is 13.0. The first-order chi connectivity index (χ1) is 22.0. The van der Waals surface area contributed by atoms with Crippen LogP contribution < -0.4 is 34.7 Å². The molecule has 0 bridgehead atoms. The van der Waals surface area contributed by atoms with Gasteiger partial charge < -0.3 is 53.6 Å². The van der Waals surface area contributed by atoms with Crippen LogP contribution in [0.3, 0.4) is 0 Å². The number of hydrogen-bond donors (Lipinski definition) is 3. The standard InChI is InChI=1S/C36H62O11.Na/c1-10-34(31-20(3)16-26(43-31)28-19(2)15-21(4)36(41,18-37)46-28)12-11-27(44-34)33(8)13-14-35(47-33)17-25(38)22(5)30(45-35)23(6)29(42-9)24(7)32(39)40;/h19-31,37-38,41H,10-18H2,1-9H3,(H,39,40);/q;+1/p-1/t19-,20-,21-,22-,23-,24-,25+,26+,27+,28-,29+,30+,31+,33+,34+,35?,36-;/m1./s1. The number of carboxylic acid groups (broad SMARTS) is 1. The number of carboxylic acids is 1. The molecule has 5 aliphatic heterocycles. The fraction of sp³-hybridized carbons (Fsp3) is 0.972. The molecular formula is C36H61NaO11. The molecule has 5 heterocycles. The van der Waals surface area contributed by atoms with Crippen LogP contribution in [0.15, 0.2) is 0 Å². The Kier molecular flexibility index (Phi) is 13.0. The minimum atomic E-state index is -1.57. The van der Waals surface area contributed by atoms with E-state index in [4.69, 9.17) is 28.4 Å². The minimum Gasteiger partial charge on any atom is -0.550 e. The monoisotopic (exact) mass is 692 g/mol. The summed E-state index contributed by atoms with van der Waals surface area (Å²) in [5.41, 5.74) is -1.16. The summed E-state index contributed by atoms with van der Waals surface area (Å²) in [6.07, 6.45) is 2.81. The summed E-state index contributed by atoms with van der Waals surface area (Å²) in [6, 6.07) is 0. The van der Waals surface area contributed by atoms with Gasteiger partial charge in [-0.2, -0.15) is 0 Å². The molecule has 5 rings (SSSR count). The van der Waals surface area contributed by atoms with Crippen molar-refractivity contribution in [2.24, 2.45) is 35.5 Å². The Bertz CT molecular complexity index is 1110. The molecule has 5 aliphatic rings. The summed E-state index contributed by atoms with van der Waals surface area (Å²) < 4.78 is 39.3. The van der Waals surface area contributed by atoms with E-state index in [0.29, 0.717) is 19.3 Å². The number of aliphatic carboxylic acids is 1. The SMILES string of the molecule is CC[C@@]1([C@H]2O[C@H]([C@@H]3O[C@](O)(CO)[C@H](C)C[C@H]3C)C[C@H]2C)CC[C@@H]([C@]2(C)CCC3(C[C@H](O)[C@@H](C)[C@@H]([C@H](C)[C@H](OC)[C@@H](C)C(=O)[O-])O3)O2)O1.[Na+]. The molecule has 0 aromatic carbocycles. The van der Waals surface area contributed by atoms with Gasteiger partial charge in [0, 0.05) is 49.6 Å². The Labute approximate surface area is 309 Å². The molecule has 48 heavy (non-hydrogen) atoms. The maximum absolute atomic E-state index is 11.7. The second-order valence-corrected chi connectivity index (χ2v) is 16.3. The first-order valence-electron chi connectivity index (χ1n) is 18.1. The number of carbonyl (C=O) groups excluding carboxylic acids is 1. The van der Waals surface area contributed by atoms with Crippen LogP contribution in [0.2, 0.25) is 0 Å². The Morgan fingerprint density at radius 1 is 1.04 bits per heavy atom. The molecule has 17 atom stereocenters. The number of aliphatic hydroxyl groups excluding tert-OH is 2. The molecule has 272 valence electrons. The predicted molar refractivity (Wildman–Crippen MR) is 170 cm³/mol. The van der Waals surface area contributed by atoms with Crippen molar-refractivity contribution in [2.45, 2.75) is 172 Å². The van der Waals surface area contributed by atoms with E-state index in [1.807, 2.05) is 20.8 Å². The fourth-order valence-electron chi connectivity index (χ4n) is 9.91. The van der Waals surface area contributed by atoms with Gasteiger partial charge in [0.2, 0.25) is 0 Å². The number of hydrogen-bond acceptors (Lipinski definition) is 11. The van der Waals surface area contributed by atoms with Gasteiger partial charge in [0.15, 0.2) is 11.6 Å². The molecule has 0 saturated carbocycles. The normalized spacial score (nSPS) is 49.8. The third-order valence-corrected chi connectivity index (χ3v) is 13.0. The average molecular weight is 693 g/mol. The zero-order valence-corrected chi connectivity index (χ0v) is 33.0. The molecule has 11 nitrogen and oxygen atoms in total. The van der Waals surface area contributed by atoms with Crippen LogP contribution >= 0.6 is 0 Å². The summed E-state index contributed by atoms with van der Waals surface area (Å²) in [6.45, 7) is 15.4. The Morgan fingerprint density at radius 3 is 2.33 bits per heavy atom. The predicted octanol–water partition coefficient (Wildman–Crippen LogP) is -0.0578. The molecule has 5 saturated heterocycles. The second kappa shape index (κ2) is 15.2. The largest absolute Gasteiger partial charge is 1.00 e. The third kappa shape index (κ3) is 7.33.